The van der Waals surface area contributed by atoms with Gasteiger partial charge in [0.05, 0.1) is 13.2 Å². The summed E-state index contributed by atoms with van der Waals surface area (Å²) in [7, 11) is 0. The number of piperidine rings is 1. The van der Waals surface area contributed by atoms with Crippen LogP contribution in [0, 0.1) is 0 Å². The zero-order chi connectivity index (χ0) is 12.8. The molecule has 0 saturated carbocycles. The summed E-state index contributed by atoms with van der Waals surface area (Å²) >= 11 is 0. The van der Waals surface area contributed by atoms with Gasteiger partial charge < -0.3 is 20.3 Å². The second kappa shape index (κ2) is 6.70. The molecule has 0 aliphatic carbocycles. The van der Waals surface area contributed by atoms with Gasteiger partial charge in [0, 0.05) is 26.2 Å². The molecular formula is C12H21N3O3. The number of hydrogen-bond acceptors (Lipinski definition) is 4. The van der Waals surface area contributed by atoms with Crippen LogP contribution in [0.4, 0.5) is 0 Å². The van der Waals surface area contributed by atoms with Crippen LogP contribution in [0.15, 0.2) is 0 Å². The molecule has 0 aromatic carbocycles. The summed E-state index contributed by atoms with van der Waals surface area (Å²) < 4.78 is 5.32. The molecule has 6 nitrogen and oxygen atoms in total. The van der Waals surface area contributed by atoms with Crippen LogP contribution in [0.1, 0.15) is 19.3 Å². The van der Waals surface area contributed by atoms with E-state index in [0.29, 0.717) is 13.2 Å². The number of carbonyl (C=O) groups excluding carboxylic acids is 2. The maximum Gasteiger partial charge on any atom is 0.250 e. The van der Waals surface area contributed by atoms with Crippen LogP contribution in [0.25, 0.3) is 0 Å². The number of amides is 2. The summed E-state index contributed by atoms with van der Waals surface area (Å²) in [6.07, 6.45) is 2.86. The molecule has 102 valence electrons. The van der Waals surface area contributed by atoms with E-state index < -0.39 is 6.10 Å². The molecule has 1 unspecified atom stereocenters. The number of carbonyl (C=O) groups is 2. The highest BCUT2D eigenvalue weighted by Gasteiger charge is 2.23. The van der Waals surface area contributed by atoms with Crippen molar-refractivity contribution in [1.82, 2.24) is 15.5 Å². The van der Waals surface area contributed by atoms with E-state index in [9.17, 15) is 9.59 Å². The third-order valence-electron chi connectivity index (χ3n) is 3.34. The summed E-state index contributed by atoms with van der Waals surface area (Å²) in [5, 5.41) is 5.74. The fourth-order valence-corrected chi connectivity index (χ4v) is 2.27. The summed E-state index contributed by atoms with van der Waals surface area (Å²) in [5.41, 5.74) is 0. The van der Waals surface area contributed by atoms with Gasteiger partial charge in [-0.15, -0.1) is 0 Å². The van der Waals surface area contributed by atoms with Crippen molar-refractivity contribution in [3.05, 3.63) is 0 Å². The second-order valence-electron chi connectivity index (χ2n) is 4.72. The minimum absolute atomic E-state index is 0.00631. The van der Waals surface area contributed by atoms with Crippen LogP contribution in [-0.4, -0.2) is 62.1 Å². The lowest BCUT2D eigenvalue weighted by molar-refractivity contribution is -0.138. The number of likely N-dealkylation sites (tertiary alicyclic amines) is 1. The molecule has 2 saturated heterocycles. The lowest BCUT2D eigenvalue weighted by Crippen LogP contribution is -2.50. The Labute approximate surface area is 107 Å². The topological polar surface area (TPSA) is 70.7 Å². The number of ether oxygens (including phenoxy) is 1. The predicted octanol–water partition coefficient (Wildman–Crippen LogP) is -0.896. The Balaban J connectivity index is 1.69. The van der Waals surface area contributed by atoms with Crippen LogP contribution in [0.2, 0.25) is 0 Å². The van der Waals surface area contributed by atoms with Crippen molar-refractivity contribution in [2.75, 3.05) is 39.3 Å². The van der Waals surface area contributed by atoms with Crippen LogP contribution < -0.4 is 10.6 Å². The lowest BCUT2D eigenvalue weighted by atomic mass is 10.1. The van der Waals surface area contributed by atoms with Crippen LogP contribution in [0.5, 0.6) is 0 Å². The molecule has 6 heteroatoms. The first kappa shape index (κ1) is 13.3. The molecular weight excluding hydrogens is 234 g/mol. The van der Waals surface area contributed by atoms with Gasteiger partial charge in [-0.1, -0.05) is 0 Å². The number of morpholine rings is 1. The maximum absolute atomic E-state index is 11.8. The summed E-state index contributed by atoms with van der Waals surface area (Å²) in [6.45, 7) is 3.55. The molecule has 2 rings (SSSR count). The maximum atomic E-state index is 11.8. The highest BCUT2D eigenvalue weighted by Crippen LogP contribution is 2.08. The number of nitrogens with one attached hydrogen (secondary N) is 2. The SMILES string of the molecule is O=C(NCC(=O)N1CCCCC1)C1CNCCO1. The first-order valence-corrected chi connectivity index (χ1v) is 6.65. The van der Waals surface area contributed by atoms with E-state index in [0.717, 1.165) is 32.5 Å². The van der Waals surface area contributed by atoms with Gasteiger partial charge in [-0.3, -0.25) is 9.59 Å². The molecule has 2 fully saturated rings. The first-order chi connectivity index (χ1) is 8.77. The Kier molecular flexibility index (Phi) is 4.95. The molecule has 2 amide bonds. The number of rotatable bonds is 3. The third-order valence-corrected chi connectivity index (χ3v) is 3.34. The van der Waals surface area contributed by atoms with E-state index in [1.807, 2.05) is 4.90 Å². The fourth-order valence-electron chi connectivity index (χ4n) is 2.27. The van der Waals surface area contributed by atoms with E-state index in [-0.39, 0.29) is 18.4 Å². The quantitative estimate of drug-likeness (QED) is 0.686. The molecule has 2 aliphatic heterocycles. The van der Waals surface area contributed by atoms with Crippen molar-refractivity contribution >= 4 is 11.8 Å². The van der Waals surface area contributed by atoms with Crippen molar-refractivity contribution in [3.63, 3.8) is 0 Å². The standard InChI is InChI=1S/C12H21N3O3/c16-11(15-5-2-1-3-6-15)9-14-12(17)10-8-13-4-7-18-10/h10,13H,1-9H2,(H,14,17). The summed E-state index contributed by atoms with van der Waals surface area (Å²) in [6, 6.07) is 0. The van der Waals surface area contributed by atoms with Gasteiger partial charge in [-0.05, 0) is 19.3 Å². The molecule has 0 aromatic rings. The van der Waals surface area contributed by atoms with Crippen molar-refractivity contribution in [3.8, 4) is 0 Å². The molecule has 0 spiro atoms. The molecule has 2 aliphatic rings. The molecule has 0 radical (unpaired) electrons. The minimum atomic E-state index is -0.465. The smallest absolute Gasteiger partial charge is 0.250 e. The highest BCUT2D eigenvalue weighted by atomic mass is 16.5. The van der Waals surface area contributed by atoms with Crippen molar-refractivity contribution in [2.24, 2.45) is 0 Å². The van der Waals surface area contributed by atoms with E-state index in [2.05, 4.69) is 10.6 Å². The van der Waals surface area contributed by atoms with Gasteiger partial charge in [-0.25, -0.2) is 0 Å². The Morgan fingerprint density at radius 2 is 2.06 bits per heavy atom. The largest absolute Gasteiger partial charge is 0.366 e. The minimum Gasteiger partial charge on any atom is -0.366 e. The normalized spacial score (nSPS) is 24.7. The average Bonchev–Trinajstić information content (AvgIpc) is 2.46. The molecule has 2 heterocycles. The third kappa shape index (κ3) is 3.68. The van der Waals surface area contributed by atoms with Crippen LogP contribution in [-0.2, 0) is 14.3 Å². The Morgan fingerprint density at radius 3 is 2.72 bits per heavy atom. The van der Waals surface area contributed by atoms with Gasteiger partial charge in [0.1, 0.15) is 6.10 Å². The van der Waals surface area contributed by atoms with Gasteiger partial charge in [-0.2, -0.15) is 0 Å². The molecule has 2 N–H and O–H groups in total. The van der Waals surface area contributed by atoms with Gasteiger partial charge in [0.15, 0.2) is 0 Å². The lowest BCUT2D eigenvalue weighted by Gasteiger charge is -2.27. The van der Waals surface area contributed by atoms with Gasteiger partial charge >= 0.3 is 0 Å². The van der Waals surface area contributed by atoms with E-state index in [4.69, 9.17) is 4.74 Å². The van der Waals surface area contributed by atoms with E-state index in [1.165, 1.54) is 6.42 Å². The molecule has 0 aromatic heterocycles. The molecule has 0 bridgehead atoms. The van der Waals surface area contributed by atoms with E-state index in [1.54, 1.807) is 0 Å². The van der Waals surface area contributed by atoms with Crippen molar-refractivity contribution in [1.29, 1.82) is 0 Å². The van der Waals surface area contributed by atoms with E-state index >= 15 is 0 Å². The van der Waals surface area contributed by atoms with Crippen molar-refractivity contribution < 1.29 is 14.3 Å². The highest BCUT2D eigenvalue weighted by molar-refractivity contribution is 5.87. The molecule has 1 atom stereocenters. The second-order valence-corrected chi connectivity index (χ2v) is 4.72. The summed E-state index contributed by atoms with van der Waals surface area (Å²) in [4.78, 5) is 25.4. The zero-order valence-corrected chi connectivity index (χ0v) is 10.6. The first-order valence-electron chi connectivity index (χ1n) is 6.65. The number of nitrogens with zero attached hydrogens (tertiary/aromatic N) is 1. The molecule has 18 heavy (non-hydrogen) atoms. The Hall–Kier alpha value is -1.14. The monoisotopic (exact) mass is 255 g/mol. The van der Waals surface area contributed by atoms with Gasteiger partial charge in [0.25, 0.3) is 5.91 Å². The van der Waals surface area contributed by atoms with Crippen LogP contribution in [0.3, 0.4) is 0 Å². The van der Waals surface area contributed by atoms with Gasteiger partial charge in [0.2, 0.25) is 5.91 Å². The average molecular weight is 255 g/mol. The fraction of sp³-hybridized carbons (Fsp3) is 0.833. The van der Waals surface area contributed by atoms with Crippen molar-refractivity contribution in [2.45, 2.75) is 25.4 Å². The Bertz CT molecular complexity index is 267. The zero-order valence-electron chi connectivity index (χ0n) is 10.6. The number of hydrogen-bond donors (Lipinski definition) is 2. The Morgan fingerprint density at radius 1 is 1.28 bits per heavy atom. The predicted molar refractivity (Wildman–Crippen MR) is 66.1 cm³/mol. The van der Waals surface area contributed by atoms with Crippen LogP contribution >= 0.6 is 0 Å². The summed E-state index contributed by atoms with van der Waals surface area (Å²) in [5.74, 6) is -0.195.